The Morgan fingerprint density at radius 3 is 2.42 bits per heavy atom. The predicted octanol–water partition coefficient (Wildman–Crippen LogP) is 3.57. The van der Waals surface area contributed by atoms with Gasteiger partial charge in [0.25, 0.3) is 5.89 Å². The second-order valence-electron chi connectivity index (χ2n) is 5.72. The van der Waals surface area contributed by atoms with Crippen LogP contribution in [-0.2, 0) is 5.54 Å². The van der Waals surface area contributed by atoms with Crippen molar-refractivity contribution in [1.29, 1.82) is 0 Å². The van der Waals surface area contributed by atoms with E-state index in [0.29, 0.717) is 11.7 Å². The molecule has 1 aromatic heterocycles. The number of nitrogens with zero attached hydrogens (tertiary/aromatic N) is 2. The molecule has 2 aliphatic rings. The molecule has 0 aromatic carbocycles. The molecule has 0 atom stereocenters. The van der Waals surface area contributed by atoms with Crippen LogP contribution in [0.2, 0.25) is 0 Å². The largest absolute Gasteiger partial charge is 0.334 e. The summed E-state index contributed by atoms with van der Waals surface area (Å²) in [6, 6.07) is 0. The molecule has 1 heterocycles. The smallest absolute Gasteiger partial charge is 0.253 e. The van der Waals surface area contributed by atoms with E-state index < -0.39 is 0 Å². The molecule has 3 rings (SSSR count). The quantitative estimate of drug-likeness (QED) is 0.901. The summed E-state index contributed by atoms with van der Waals surface area (Å²) in [5, 5.41) is 4.12. The molecular formula is C14H22ClN3O. The fraction of sp³-hybridized carbons (Fsp3) is 0.714. The van der Waals surface area contributed by atoms with E-state index >= 15 is 0 Å². The highest BCUT2D eigenvalue weighted by Gasteiger charge is 2.36. The highest BCUT2D eigenvalue weighted by Crippen LogP contribution is 2.36. The van der Waals surface area contributed by atoms with Gasteiger partial charge in [-0.15, -0.1) is 12.4 Å². The summed E-state index contributed by atoms with van der Waals surface area (Å²) in [5.41, 5.74) is 8.65. The summed E-state index contributed by atoms with van der Waals surface area (Å²) < 4.78 is 5.42. The van der Waals surface area contributed by atoms with Gasteiger partial charge >= 0.3 is 0 Å². The Bertz CT molecular complexity index is 467. The standard InChI is InChI=1S/C14H21N3O.ClH/c1-10(11-6-2-3-7-11)12-16-13(17-18-12)14(15)8-4-5-9-14;/h2-9,15H2,1H3;1H. The van der Waals surface area contributed by atoms with E-state index in [1.807, 2.05) is 0 Å². The normalized spacial score (nSPS) is 21.5. The molecule has 2 fully saturated rings. The van der Waals surface area contributed by atoms with Crippen LogP contribution in [0.1, 0.15) is 70.0 Å². The SMILES string of the molecule is CC(=C1CCCC1)c1nc(C2(N)CCCC2)no1.Cl. The van der Waals surface area contributed by atoms with Gasteiger partial charge in [-0.25, -0.2) is 0 Å². The van der Waals surface area contributed by atoms with Crippen molar-refractivity contribution in [2.75, 3.05) is 0 Å². The Morgan fingerprint density at radius 1 is 1.16 bits per heavy atom. The Labute approximate surface area is 120 Å². The molecule has 0 unspecified atom stereocenters. The van der Waals surface area contributed by atoms with Crippen molar-refractivity contribution in [1.82, 2.24) is 10.1 Å². The summed E-state index contributed by atoms with van der Waals surface area (Å²) >= 11 is 0. The minimum absolute atomic E-state index is 0. The zero-order valence-corrected chi connectivity index (χ0v) is 12.3. The molecule has 1 aromatic rings. The maximum atomic E-state index is 6.35. The molecule has 0 amide bonds. The lowest BCUT2D eigenvalue weighted by molar-refractivity contribution is 0.363. The second-order valence-corrected chi connectivity index (χ2v) is 5.72. The molecule has 2 aliphatic carbocycles. The van der Waals surface area contributed by atoms with Gasteiger partial charge in [0.15, 0.2) is 5.82 Å². The molecule has 0 radical (unpaired) electrons. The van der Waals surface area contributed by atoms with Gasteiger partial charge in [0.1, 0.15) is 0 Å². The van der Waals surface area contributed by atoms with Gasteiger partial charge < -0.3 is 10.3 Å². The van der Waals surface area contributed by atoms with Gasteiger partial charge in [0.2, 0.25) is 0 Å². The topological polar surface area (TPSA) is 64.9 Å². The van der Waals surface area contributed by atoms with Gasteiger partial charge in [0, 0.05) is 5.57 Å². The van der Waals surface area contributed by atoms with Crippen molar-refractivity contribution < 1.29 is 4.52 Å². The van der Waals surface area contributed by atoms with Crippen molar-refractivity contribution in [3.8, 4) is 0 Å². The predicted molar refractivity (Wildman–Crippen MR) is 76.9 cm³/mol. The molecule has 19 heavy (non-hydrogen) atoms. The molecule has 0 aliphatic heterocycles. The van der Waals surface area contributed by atoms with Crippen LogP contribution in [0.5, 0.6) is 0 Å². The number of nitrogens with two attached hydrogens (primary N) is 1. The molecule has 2 N–H and O–H groups in total. The highest BCUT2D eigenvalue weighted by molar-refractivity contribution is 5.85. The van der Waals surface area contributed by atoms with E-state index in [0.717, 1.165) is 12.8 Å². The first kappa shape index (κ1) is 14.5. The number of rotatable bonds is 2. The van der Waals surface area contributed by atoms with E-state index in [9.17, 15) is 0 Å². The Kier molecular flexibility index (Phi) is 4.31. The Morgan fingerprint density at radius 2 is 1.79 bits per heavy atom. The van der Waals surface area contributed by atoms with Gasteiger partial charge in [0.05, 0.1) is 5.54 Å². The molecular weight excluding hydrogens is 262 g/mol. The molecule has 2 saturated carbocycles. The first-order valence-electron chi connectivity index (χ1n) is 7.01. The lowest BCUT2D eigenvalue weighted by Gasteiger charge is -2.17. The van der Waals surface area contributed by atoms with E-state index in [-0.39, 0.29) is 17.9 Å². The van der Waals surface area contributed by atoms with Crippen molar-refractivity contribution >= 4 is 18.0 Å². The van der Waals surface area contributed by atoms with Crippen LogP contribution in [-0.4, -0.2) is 10.1 Å². The monoisotopic (exact) mass is 283 g/mol. The van der Waals surface area contributed by atoms with Crippen LogP contribution in [0, 0.1) is 0 Å². The molecule has 106 valence electrons. The third-order valence-electron chi connectivity index (χ3n) is 4.43. The van der Waals surface area contributed by atoms with Crippen LogP contribution in [0.4, 0.5) is 0 Å². The van der Waals surface area contributed by atoms with Crippen LogP contribution in [0.3, 0.4) is 0 Å². The minimum atomic E-state index is -0.345. The summed E-state index contributed by atoms with van der Waals surface area (Å²) in [7, 11) is 0. The van der Waals surface area contributed by atoms with Gasteiger partial charge in [-0.05, 0) is 45.4 Å². The average molecular weight is 284 g/mol. The maximum Gasteiger partial charge on any atom is 0.253 e. The zero-order chi connectivity index (χ0) is 12.6. The summed E-state index contributed by atoms with van der Waals surface area (Å²) in [5.74, 6) is 1.38. The number of halogens is 1. The minimum Gasteiger partial charge on any atom is -0.334 e. The lowest BCUT2D eigenvalue weighted by atomic mass is 9.98. The van der Waals surface area contributed by atoms with Crippen LogP contribution in [0.25, 0.3) is 5.57 Å². The summed E-state index contributed by atoms with van der Waals surface area (Å²) in [6.07, 6.45) is 9.21. The van der Waals surface area contributed by atoms with E-state index in [2.05, 4.69) is 17.1 Å². The van der Waals surface area contributed by atoms with Crippen LogP contribution >= 0.6 is 12.4 Å². The van der Waals surface area contributed by atoms with Crippen molar-refractivity contribution in [3.05, 3.63) is 17.3 Å². The van der Waals surface area contributed by atoms with Crippen LogP contribution < -0.4 is 5.73 Å². The Hall–Kier alpha value is -0.870. The summed E-state index contributed by atoms with van der Waals surface area (Å²) in [4.78, 5) is 4.55. The van der Waals surface area contributed by atoms with Crippen LogP contribution in [0.15, 0.2) is 10.1 Å². The number of hydrogen-bond donors (Lipinski definition) is 1. The molecule has 5 heteroatoms. The fourth-order valence-electron chi connectivity index (χ4n) is 3.14. The van der Waals surface area contributed by atoms with Crippen molar-refractivity contribution in [2.45, 2.75) is 63.8 Å². The third kappa shape index (κ3) is 2.70. The molecule has 0 spiro atoms. The molecule has 0 bridgehead atoms. The van der Waals surface area contributed by atoms with Crippen molar-refractivity contribution in [2.24, 2.45) is 5.73 Å². The van der Waals surface area contributed by atoms with Crippen molar-refractivity contribution in [3.63, 3.8) is 0 Å². The maximum absolute atomic E-state index is 6.35. The zero-order valence-electron chi connectivity index (χ0n) is 11.4. The second kappa shape index (κ2) is 5.63. The van der Waals surface area contributed by atoms with E-state index in [4.69, 9.17) is 10.3 Å². The number of allylic oxidation sites excluding steroid dienone is 2. The fourth-order valence-corrected chi connectivity index (χ4v) is 3.14. The van der Waals surface area contributed by atoms with E-state index in [1.165, 1.54) is 49.7 Å². The highest BCUT2D eigenvalue weighted by atomic mass is 35.5. The van der Waals surface area contributed by atoms with Gasteiger partial charge in [-0.1, -0.05) is 23.6 Å². The van der Waals surface area contributed by atoms with Gasteiger partial charge in [-0.2, -0.15) is 4.98 Å². The first-order chi connectivity index (χ1) is 8.69. The first-order valence-corrected chi connectivity index (χ1v) is 7.01. The van der Waals surface area contributed by atoms with Gasteiger partial charge in [-0.3, -0.25) is 0 Å². The molecule has 4 nitrogen and oxygen atoms in total. The number of hydrogen-bond acceptors (Lipinski definition) is 4. The third-order valence-corrected chi connectivity index (χ3v) is 4.43. The Balaban J connectivity index is 0.00000133. The van der Waals surface area contributed by atoms with E-state index in [1.54, 1.807) is 0 Å². The molecule has 0 saturated heterocycles. The lowest BCUT2D eigenvalue weighted by Crippen LogP contribution is -2.34. The number of aromatic nitrogens is 2. The summed E-state index contributed by atoms with van der Waals surface area (Å²) in [6.45, 7) is 2.09. The average Bonchev–Trinajstić information content (AvgIpc) is 3.10.